The van der Waals surface area contributed by atoms with Gasteiger partial charge in [0.25, 0.3) is 5.56 Å². The summed E-state index contributed by atoms with van der Waals surface area (Å²) in [5.41, 5.74) is -2.28. The number of carboxylic acids is 1. The lowest BCUT2D eigenvalue weighted by molar-refractivity contribution is -0.137. The molecule has 0 aliphatic rings. The SMILES string of the molecule is Cc1c(-c2cccc(F)c2F)c(=O)n(C)c(=O)n1CC(=O)O. The lowest BCUT2D eigenvalue weighted by atomic mass is 10.0. The van der Waals surface area contributed by atoms with Crippen molar-refractivity contribution in [1.29, 1.82) is 0 Å². The summed E-state index contributed by atoms with van der Waals surface area (Å²) in [5.74, 6) is -3.67. The van der Waals surface area contributed by atoms with Gasteiger partial charge in [-0.25, -0.2) is 13.6 Å². The quantitative estimate of drug-likeness (QED) is 0.912. The van der Waals surface area contributed by atoms with E-state index in [9.17, 15) is 23.2 Å². The smallest absolute Gasteiger partial charge is 0.331 e. The Hall–Kier alpha value is -2.77. The molecule has 8 heteroatoms. The number of aromatic nitrogens is 2. The second-order valence-electron chi connectivity index (χ2n) is 4.69. The molecular formula is C14H12F2N2O4. The summed E-state index contributed by atoms with van der Waals surface area (Å²) >= 11 is 0. The van der Waals surface area contributed by atoms with E-state index in [1.54, 1.807) is 0 Å². The van der Waals surface area contributed by atoms with Gasteiger partial charge in [0.1, 0.15) is 6.54 Å². The van der Waals surface area contributed by atoms with E-state index in [2.05, 4.69) is 0 Å². The first-order chi connectivity index (χ1) is 10.3. The Morgan fingerprint density at radius 1 is 1.27 bits per heavy atom. The van der Waals surface area contributed by atoms with Gasteiger partial charge in [-0.1, -0.05) is 12.1 Å². The van der Waals surface area contributed by atoms with Crippen LogP contribution in [0.4, 0.5) is 8.78 Å². The maximum absolute atomic E-state index is 13.9. The Morgan fingerprint density at radius 3 is 2.50 bits per heavy atom. The van der Waals surface area contributed by atoms with Crippen molar-refractivity contribution in [3.05, 3.63) is 56.4 Å². The summed E-state index contributed by atoms with van der Waals surface area (Å²) in [6.07, 6.45) is 0. The van der Waals surface area contributed by atoms with Crippen LogP contribution in [0.2, 0.25) is 0 Å². The molecule has 2 rings (SSSR count). The van der Waals surface area contributed by atoms with Crippen molar-refractivity contribution in [3.8, 4) is 11.1 Å². The molecule has 0 atom stereocenters. The highest BCUT2D eigenvalue weighted by Gasteiger charge is 2.21. The summed E-state index contributed by atoms with van der Waals surface area (Å²) in [5, 5.41) is 8.85. The number of aliphatic carboxylic acids is 1. The molecule has 1 N–H and O–H groups in total. The molecule has 0 unspecified atom stereocenters. The van der Waals surface area contributed by atoms with Gasteiger partial charge in [-0.2, -0.15) is 0 Å². The van der Waals surface area contributed by atoms with Gasteiger partial charge >= 0.3 is 11.7 Å². The first kappa shape index (κ1) is 15.6. The zero-order chi connectivity index (χ0) is 16.6. The Balaban J connectivity index is 2.90. The van der Waals surface area contributed by atoms with Crippen LogP contribution in [0.1, 0.15) is 5.69 Å². The van der Waals surface area contributed by atoms with Crippen LogP contribution in [0.3, 0.4) is 0 Å². The molecule has 1 aromatic heterocycles. The van der Waals surface area contributed by atoms with Gasteiger partial charge in [0.05, 0.1) is 5.56 Å². The van der Waals surface area contributed by atoms with Crippen molar-refractivity contribution in [3.63, 3.8) is 0 Å². The predicted octanol–water partition coefficient (Wildman–Crippen LogP) is 0.885. The van der Waals surface area contributed by atoms with Crippen molar-refractivity contribution in [2.45, 2.75) is 13.5 Å². The number of carboxylic acid groups (broad SMARTS) is 1. The minimum absolute atomic E-state index is 0.0417. The van der Waals surface area contributed by atoms with Crippen LogP contribution in [0.25, 0.3) is 11.1 Å². The van der Waals surface area contributed by atoms with Gasteiger partial charge in [0, 0.05) is 18.3 Å². The molecule has 22 heavy (non-hydrogen) atoms. The van der Waals surface area contributed by atoms with Crippen LogP contribution in [0.5, 0.6) is 0 Å². The highest BCUT2D eigenvalue weighted by atomic mass is 19.2. The van der Waals surface area contributed by atoms with Gasteiger partial charge in [0.15, 0.2) is 11.6 Å². The average molecular weight is 310 g/mol. The van der Waals surface area contributed by atoms with E-state index >= 15 is 0 Å². The molecule has 0 aliphatic carbocycles. The van der Waals surface area contributed by atoms with Gasteiger partial charge in [0.2, 0.25) is 0 Å². The lowest BCUT2D eigenvalue weighted by Crippen LogP contribution is -2.41. The van der Waals surface area contributed by atoms with Crippen molar-refractivity contribution < 1.29 is 18.7 Å². The Labute approximate surface area is 122 Å². The fraction of sp³-hybridized carbons (Fsp3) is 0.214. The summed E-state index contributed by atoms with van der Waals surface area (Å²) in [6, 6.07) is 3.31. The highest BCUT2D eigenvalue weighted by molar-refractivity contribution is 5.69. The molecule has 0 saturated carbocycles. The van der Waals surface area contributed by atoms with Gasteiger partial charge in [-0.05, 0) is 13.0 Å². The van der Waals surface area contributed by atoms with Crippen LogP contribution in [-0.4, -0.2) is 20.2 Å². The fourth-order valence-electron chi connectivity index (χ4n) is 2.20. The van der Waals surface area contributed by atoms with Crippen LogP contribution in [0, 0.1) is 18.6 Å². The molecular weight excluding hydrogens is 298 g/mol. The summed E-state index contributed by atoms with van der Waals surface area (Å²) in [6.45, 7) is 0.619. The first-order valence-corrected chi connectivity index (χ1v) is 6.22. The van der Waals surface area contributed by atoms with Crippen LogP contribution in [0.15, 0.2) is 27.8 Å². The monoisotopic (exact) mass is 310 g/mol. The van der Waals surface area contributed by atoms with Crippen molar-refractivity contribution >= 4 is 5.97 Å². The van der Waals surface area contributed by atoms with E-state index in [0.29, 0.717) is 4.57 Å². The summed E-state index contributed by atoms with van der Waals surface area (Å²) < 4.78 is 28.8. The van der Waals surface area contributed by atoms with Gasteiger partial charge in [-0.3, -0.25) is 18.7 Å². The van der Waals surface area contributed by atoms with Gasteiger partial charge < -0.3 is 5.11 Å². The molecule has 0 aliphatic heterocycles. The number of nitrogens with zero attached hydrogens (tertiary/aromatic N) is 2. The number of benzene rings is 1. The second-order valence-corrected chi connectivity index (χ2v) is 4.69. The molecule has 0 radical (unpaired) electrons. The Morgan fingerprint density at radius 2 is 1.91 bits per heavy atom. The predicted molar refractivity (Wildman–Crippen MR) is 73.7 cm³/mol. The second kappa shape index (κ2) is 5.55. The molecule has 0 amide bonds. The third-order valence-corrected chi connectivity index (χ3v) is 3.32. The molecule has 2 aromatic rings. The average Bonchev–Trinajstić information content (AvgIpc) is 2.46. The standard InChI is InChI=1S/C14H12F2N2O4/c1-7-11(8-4-3-5-9(15)12(8)16)13(21)17(2)14(22)18(7)6-10(19)20/h3-5H,6H2,1-2H3,(H,19,20). The highest BCUT2D eigenvalue weighted by Crippen LogP contribution is 2.23. The molecule has 0 fully saturated rings. The summed E-state index contributed by atoms with van der Waals surface area (Å²) in [4.78, 5) is 35.1. The van der Waals surface area contributed by atoms with E-state index in [-0.39, 0.29) is 16.8 Å². The van der Waals surface area contributed by atoms with Gasteiger partial charge in [-0.15, -0.1) is 0 Å². The molecule has 0 spiro atoms. The molecule has 0 saturated heterocycles. The number of carbonyl (C=O) groups is 1. The van der Waals surface area contributed by atoms with E-state index in [0.717, 1.165) is 17.7 Å². The molecule has 0 bridgehead atoms. The van der Waals surface area contributed by atoms with Crippen molar-refractivity contribution in [2.75, 3.05) is 0 Å². The summed E-state index contributed by atoms with van der Waals surface area (Å²) in [7, 11) is 1.14. The minimum Gasteiger partial charge on any atom is -0.480 e. The topological polar surface area (TPSA) is 81.3 Å². The van der Waals surface area contributed by atoms with Crippen LogP contribution >= 0.6 is 0 Å². The fourth-order valence-corrected chi connectivity index (χ4v) is 2.20. The molecule has 1 aromatic carbocycles. The minimum atomic E-state index is -1.30. The normalized spacial score (nSPS) is 10.7. The Bertz CT molecular complexity index is 884. The Kier molecular flexibility index (Phi) is 3.94. The maximum Gasteiger partial charge on any atom is 0.331 e. The van der Waals surface area contributed by atoms with Crippen LogP contribution in [-0.2, 0) is 18.4 Å². The zero-order valence-electron chi connectivity index (χ0n) is 11.8. The van der Waals surface area contributed by atoms with E-state index in [1.807, 2.05) is 0 Å². The number of rotatable bonds is 3. The van der Waals surface area contributed by atoms with E-state index in [1.165, 1.54) is 19.1 Å². The molecule has 1 heterocycles. The third kappa shape index (κ3) is 2.43. The van der Waals surface area contributed by atoms with Crippen molar-refractivity contribution in [2.24, 2.45) is 7.05 Å². The third-order valence-electron chi connectivity index (χ3n) is 3.32. The van der Waals surface area contributed by atoms with E-state index < -0.39 is 35.4 Å². The molecule has 6 nitrogen and oxygen atoms in total. The first-order valence-electron chi connectivity index (χ1n) is 6.22. The number of hydrogen-bond donors (Lipinski definition) is 1. The number of hydrogen-bond acceptors (Lipinski definition) is 3. The largest absolute Gasteiger partial charge is 0.480 e. The van der Waals surface area contributed by atoms with Crippen molar-refractivity contribution in [1.82, 2.24) is 9.13 Å². The van der Waals surface area contributed by atoms with Crippen LogP contribution < -0.4 is 11.2 Å². The molecule has 116 valence electrons. The van der Waals surface area contributed by atoms with E-state index in [4.69, 9.17) is 5.11 Å². The maximum atomic E-state index is 13.9. The zero-order valence-corrected chi connectivity index (χ0v) is 11.8. The lowest BCUT2D eigenvalue weighted by Gasteiger charge is -2.14. The number of halogens is 2.